The van der Waals surface area contributed by atoms with Crippen molar-refractivity contribution in [2.75, 3.05) is 7.11 Å². The van der Waals surface area contributed by atoms with Crippen LogP contribution in [0.2, 0.25) is 0 Å². The van der Waals surface area contributed by atoms with E-state index in [1.807, 2.05) is 0 Å². The summed E-state index contributed by atoms with van der Waals surface area (Å²) in [7, 11) is 18.7. The minimum atomic E-state index is -4.85. The van der Waals surface area contributed by atoms with Gasteiger partial charge in [-0.3, -0.25) is 9.36 Å². The molecule has 4 aromatic heterocycles. The molecule has 1 aliphatic carbocycles. The standard InChI is InChI=1S/C27H19B3F3N7O4/c1-44-24-19(20(13-2-3-13)35-12-36-24)21-34-10-15-6-9-18(41)40(23(15)38-21)25(28,42)16-7-4-14(5-8-16)22-37-17(26(31,32)33)11-39(22)27(29,30)43/h4-13,42-43H,2-3H2,1H3. The highest BCUT2D eigenvalue weighted by atomic mass is 19.4. The van der Waals surface area contributed by atoms with Crippen LogP contribution >= 0.6 is 0 Å². The Kier molecular flexibility index (Phi) is 6.92. The maximum atomic E-state index is 13.4. The molecular weight excluding hydrogens is 576 g/mol. The maximum absolute atomic E-state index is 13.4. The van der Waals surface area contributed by atoms with Crippen LogP contribution in [-0.2, 0) is 17.3 Å². The van der Waals surface area contributed by atoms with Crippen molar-refractivity contribution in [3.05, 3.63) is 82.4 Å². The number of pyridine rings is 1. The fraction of sp³-hybridized carbons (Fsp3) is 0.259. The molecule has 216 valence electrons. The topological polar surface area (TPSA) is 141 Å². The number of hydrogen-bond acceptors (Lipinski definition) is 9. The van der Waals surface area contributed by atoms with E-state index in [4.69, 9.17) is 28.3 Å². The zero-order chi connectivity index (χ0) is 31.6. The lowest BCUT2D eigenvalue weighted by atomic mass is 9.73. The second kappa shape index (κ2) is 10.3. The van der Waals surface area contributed by atoms with E-state index in [1.165, 1.54) is 56.0 Å². The van der Waals surface area contributed by atoms with Gasteiger partial charge in [0.2, 0.25) is 5.88 Å². The van der Waals surface area contributed by atoms with E-state index in [2.05, 4.69) is 24.9 Å². The summed E-state index contributed by atoms with van der Waals surface area (Å²) in [6, 6.07) is 7.71. The molecule has 1 aromatic carbocycles. The number of fused-ring (bicyclic) bond motifs is 1. The van der Waals surface area contributed by atoms with Crippen molar-refractivity contribution in [1.82, 2.24) is 34.1 Å². The van der Waals surface area contributed by atoms with Gasteiger partial charge in [-0.2, -0.15) is 13.2 Å². The van der Waals surface area contributed by atoms with Crippen LogP contribution in [0.5, 0.6) is 5.88 Å². The molecule has 0 bridgehead atoms. The van der Waals surface area contributed by atoms with Gasteiger partial charge in [0.15, 0.2) is 19.4 Å². The van der Waals surface area contributed by atoms with Gasteiger partial charge in [-0.1, -0.05) is 24.3 Å². The van der Waals surface area contributed by atoms with Gasteiger partial charge < -0.3 is 19.5 Å². The molecule has 1 atom stereocenters. The molecule has 1 aliphatic rings. The van der Waals surface area contributed by atoms with Crippen molar-refractivity contribution in [1.29, 1.82) is 0 Å². The second-order valence-electron chi connectivity index (χ2n) is 10.3. The van der Waals surface area contributed by atoms with E-state index in [9.17, 15) is 28.2 Å². The fourth-order valence-electron chi connectivity index (χ4n) is 4.87. The van der Waals surface area contributed by atoms with Crippen LogP contribution in [0.3, 0.4) is 0 Å². The third kappa shape index (κ3) is 5.15. The van der Waals surface area contributed by atoms with Crippen LogP contribution in [0.25, 0.3) is 33.8 Å². The molecule has 11 nitrogen and oxygen atoms in total. The normalized spacial score (nSPS) is 15.3. The van der Waals surface area contributed by atoms with Crippen molar-refractivity contribution >= 4 is 34.6 Å². The lowest BCUT2D eigenvalue weighted by Gasteiger charge is -2.29. The first-order valence-electron chi connectivity index (χ1n) is 13.1. The number of aromatic nitrogens is 7. The molecule has 0 amide bonds. The highest BCUT2D eigenvalue weighted by Crippen LogP contribution is 2.45. The molecule has 4 heterocycles. The molecule has 6 rings (SSSR count). The van der Waals surface area contributed by atoms with Gasteiger partial charge in [0, 0.05) is 35.3 Å². The Balaban J connectivity index is 1.46. The Morgan fingerprint density at radius 2 is 1.68 bits per heavy atom. The van der Waals surface area contributed by atoms with E-state index >= 15 is 0 Å². The van der Waals surface area contributed by atoms with Gasteiger partial charge >= 0.3 is 6.18 Å². The first-order valence-corrected chi connectivity index (χ1v) is 13.1. The summed E-state index contributed by atoms with van der Waals surface area (Å²) >= 11 is 0. The summed E-state index contributed by atoms with van der Waals surface area (Å²) in [6.45, 7) is 0. The lowest BCUT2D eigenvalue weighted by molar-refractivity contribution is -0.141. The maximum Gasteiger partial charge on any atom is 0.434 e. The predicted octanol–water partition coefficient (Wildman–Crippen LogP) is 1.73. The van der Waals surface area contributed by atoms with Gasteiger partial charge in [-0.25, -0.2) is 24.9 Å². The number of alkyl halides is 3. The molecule has 2 N–H and O–H groups in total. The molecule has 1 saturated carbocycles. The summed E-state index contributed by atoms with van der Waals surface area (Å²) in [4.78, 5) is 34.3. The Bertz CT molecular complexity index is 1950. The van der Waals surface area contributed by atoms with Crippen molar-refractivity contribution in [2.45, 2.75) is 36.1 Å². The van der Waals surface area contributed by atoms with Crippen LogP contribution in [0.15, 0.2) is 59.9 Å². The van der Waals surface area contributed by atoms with Gasteiger partial charge in [0.1, 0.15) is 44.7 Å². The van der Waals surface area contributed by atoms with Crippen LogP contribution in [0, 0.1) is 0 Å². The monoisotopic (exact) mass is 595 g/mol. The molecule has 0 saturated heterocycles. The Hall–Kier alpha value is -4.50. The lowest BCUT2D eigenvalue weighted by Crippen LogP contribution is -2.43. The molecule has 1 unspecified atom stereocenters. The van der Waals surface area contributed by atoms with Crippen molar-refractivity contribution < 1.29 is 28.1 Å². The summed E-state index contributed by atoms with van der Waals surface area (Å²) in [6.07, 6.45) is 0.280. The number of ether oxygens (including phenoxy) is 1. The Labute approximate surface area is 251 Å². The van der Waals surface area contributed by atoms with E-state index in [0.717, 1.165) is 17.4 Å². The average Bonchev–Trinajstić information content (AvgIpc) is 3.71. The number of imidazole rings is 1. The third-order valence-corrected chi connectivity index (χ3v) is 7.15. The minimum Gasteiger partial charge on any atom is -0.480 e. The second-order valence-corrected chi connectivity index (χ2v) is 10.3. The highest BCUT2D eigenvalue weighted by molar-refractivity contribution is 6.36. The quantitative estimate of drug-likeness (QED) is 0.270. The van der Waals surface area contributed by atoms with E-state index in [1.54, 1.807) is 0 Å². The number of methoxy groups -OCH3 is 1. The van der Waals surface area contributed by atoms with Gasteiger partial charge in [0.05, 0.1) is 18.3 Å². The van der Waals surface area contributed by atoms with Crippen molar-refractivity contribution in [3.63, 3.8) is 0 Å². The number of halogens is 3. The number of aliphatic hydroxyl groups is 2. The summed E-state index contributed by atoms with van der Waals surface area (Å²) < 4.78 is 46.9. The largest absolute Gasteiger partial charge is 0.480 e. The number of benzene rings is 1. The van der Waals surface area contributed by atoms with Crippen molar-refractivity contribution in [3.8, 4) is 28.7 Å². The van der Waals surface area contributed by atoms with Gasteiger partial charge in [-0.15, -0.1) is 0 Å². The number of hydrogen-bond donors (Lipinski definition) is 2. The Morgan fingerprint density at radius 3 is 2.30 bits per heavy atom. The van der Waals surface area contributed by atoms with E-state index in [0.29, 0.717) is 27.4 Å². The molecule has 5 aromatic rings. The van der Waals surface area contributed by atoms with E-state index in [-0.39, 0.29) is 34.4 Å². The van der Waals surface area contributed by atoms with E-state index < -0.39 is 34.4 Å². The van der Waals surface area contributed by atoms with Crippen LogP contribution < -0.4 is 10.3 Å². The first kappa shape index (κ1) is 29.6. The third-order valence-electron chi connectivity index (χ3n) is 7.15. The predicted molar refractivity (Wildman–Crippen MR) is 153 cm³/mol. The first-order chi connectivity index (χ1) is 20.7. The fourth-order valence-corrected chi connectivity index (χ4v) is 4.87. The van der Waals surface area contributed by atoms with Gasteiger partial charge in [0.25, 0.3) is 5.56 Å². The molecule has 6 radical (unpaired) electrons. The molecule has 44 heavy (non-hydrogen) atoms. The summed E-state index contributed by atoms with van der Waals surface area (Å²) in [5.41, 5.74) is -6.17. The molecule has 17 heteroatoms. The van der Waals surface area contributed by atoms with Crippen LogP contribution in [-0.4, -0.2) is 74.9 Å². The number of nitrogens with zero attached hydrogens (tertiary/aromatic N) is 7. The highest BCUT2D eigenvalue weighted by Gasteiger charge is 2.37. The summed E-state index contributed by atoms with van der Waals surface area (Å²) in [5, 5.41) is 22.0. The Morgan fingerprint density at radius 1 is 0.977 bits per heavy atom. The molecular formula is C27H19B3F3N7O4. The SMILES string of the molecule is [B]C([B])(O)n1cc(C(F)(F)F)nc1-c1ccc(C([B])(O)n2c(=O)ccc3cnc(-c4c(OC)ncnc4C4CC4)nc32)cc1. The van der Waals surface area contributed by atoms with Crippen LogP contribution in [0.1, 0.15) is 35.7 Å². The summed E-state index contributed by atoms with van der Waals surface area (Å²) in [5.74, 6) is 0.132. The molecule has 0 spiro atoms. The zero-order valence-electron chi connectivity index (χ0n) is 22.9. The van der Waals surface area contributed by atoms with Gasteiger partial charge in [-0.05, 0) is 24.5 Å². The number of rotatable bonds is 7. The van der Waals surface area contributed by atoms with Crippen molar-refractivity contribution in [2.24, 2.45) is 0 Å². The molecule has 1 fully saturated rings. The minimum absolute atomic E-state index is 0.0223. The average molecular weight is 595 g/mol. The zero-order valence-corrected chi connectivity index (χ0v) is 22.9. The smallest absolute Gasteiger partial charge is 0.434 e. The molecule has 0 aliphatic heterocycles. The van der Waals surface area contributed by atoms with Crippen LogP contribution in [0.4, 0.5) is 13.2 Å².